The summed E-state index contributed by atoms with van der Waals surface area (Å²) >= 11 is 0. The molecule has 130 valence electrons. The molecule has 1 N–H and O–H groups in total. The lowest BCUT2D eigenvalue weighted by atomic mass is 10.1. The van der Waals surface area contributed by atoms with Gasteiger partial charge in [-0.15, -0.1) is 0 Å². The molecule has 3 aromatic carbocycles. The third kappa shape index (κ3) is 3.87. The number of rotatable bonds is 5. The van der Waals surface area contributed by atoms with Gasteiger partial charge in [0.15, 0.2) is 0 Å². The van der Waals surface area contributed by atoms with E-state index in [1.54, 1.807) is 43.3 Å². The Balaban J connectivity index is 1.75. The first kappa shape index (κ1) is 17.2. The molecule has 3 aromatic rings. The molecule has 0 saturated heterocycles. The average molecular weight is 348 g/mol. The molecule has 0 radical (unpaired) electrons. The molecular weight excluding hydrogens is 332 g/mol. The molecule has 6 nitrogen and oxygen atoms in total. The maximum absolute atomic E-state index is 12.4. The van der Waals surface area contributed by atoms with Crippen molar-refractivity contribution in [1.82, 2.24) is 0 Å². The summed E-state index contributed by atoms with van der Waals surface area (Å²) in [6.07, 6.45) is 0. The summed E-state index contributed by atoms with van der Waals surface area (Å²) in [6, 6.07) is 20.8. The number of nitro groups is 1. The van der Waals surface area contributed by atoms with Gasteiger partial charge in [0.05, 0.1) is 4.92 Å². The third-order valence-electron chi connectivity index (χ3n) is 3.76. The van der Waals surface area contributed by atoms with E-state index in [1.165, 1.54) is 6.07 Å². The molecule has 3 rings (SSSR count). The first-order chi connectivity index (χ1) is 12.5. The van der Waals surface area contributed by atoms with E-state index >= 15 is 0 Å². The van der Waals surface area contributed by atoms with Crippen LogP contribution >= 0.6 is 0 Å². The zero-order valence-corrected chi connectivity index (χ0v) is 14.0. The standard InChI is InChI=1S/C20H16N2O4/c1-14-6-5-9-18(19(14)22(24)25)20(23)21-15-10-12-17(13-11-15)26-16-7-3-2-4-8-16/h2-13H,1H3,(H,21,23). The van der Waals surface area contributed by atoms with Crippen molar-refractivity contribution in [2.24, 2.45) is 0 Å². The number of nitrogens with one attached hydrogen (secondary N) is 1. The average Bonchev–Trinajstić information content (AvgIpc) is 2.63. The Bertz CT molecular complexity index is 938. The van der Waals surface area contributed by atoms with E-state index in [0.717, 1.165) is 0 Å². The topological polar surface area (TPSA) is 81.5 Å². The van der Waals surface area contributed by atoms with Crippen molar-refractivity contribution in [3.05, 3.63) is 94.0 Å². The van der Waals surface area contributed by atoms with Crippen LogP contribution in [0.15, 0.2) is 72.8 Å². The number of para-hydroxylation sites is 2. The lowest BCUT2D eigenvalue weighted by Gasteiger charge is -2.09. The van der Waals surface area contributed by atoms with Crippen LogP contribution < -0.4 is 10.1 Å². The zero-order valence-electron chi connectivity index (χ0n) is 14.0. The second kappa shape index (κ2) is 7.48. The molecule has 0 aliphatic rings. The second-order valence-electron chi connectivity index (χ2n) is 5.62. The van der Waals surface area contributed by atoms with Crippen LogP contribution in [0.3, 0.4) is 0 Å². The maximum Gasteiger partial charge on any atom is 0.285 e. The van der Waals surface area contributed by atoms with Gasteiger partial charge in [0.1, 0.15) is 17.1 Å². The Morgan fingerprint density at radius 3 is 2.23 bits per heavy atom. The second-order valence-corrected chi connectivity index (χ2v) is 5.62. The minimum atomic E-state index is -0.541. The Hall–Kier alpha value is -3.67. The summed E-state index contributed by atoms with van der Waals surface area (Å²) in [6.45, 7) is 1.60. The number of carbonyl (C=O) groups excluding carboxylic acids is 1. The van der Waals surface area contributed by atoms with Crippen LogP contribution in [0, 0.1) is 17.0 Å². The summed E-state index contributed by atoms with van der Waals surface area (Å²) < 4.78 is 5.69. The van der Waals surface area contributed by atoms with Gasteiger partial charge in [0, 0.05) is 11.3 Å². The smallest absolute Gasteiger partial charge is 0.285 e. The predicted molar refractivity (Wildman–Crippen MR) is 98.7 cm³/mol. The number of carbonyl (C=O) groups is 1. The summed E-state index contributed by atoms with van der Waals surface area (Å²) in [7, 11) is 0. The monoisotopic (exact) mass is 348 g/mol. The molecule has 0 fully saturated rings. The van der Waals surface area contributed by atoms with Crippen LogP contribution in [-0.2, 0) is 0 Å². The van der Waals surface area contributed by atoms with E-state index in [1.807, 2.05) is 30.3 Å². The number of hydrogen-bond acceptors (Lipinski definition) is 4. The molecule has 0 atom stereocenters. The molecule has 0 bridgehead atoms. The van der Waals surface area contributed by atoms with Crippen LogP contribution in [0.1, 0.15) is 15.9 Å². The van der Waals surface area contributed by atoms with E-state index in [9.17, 15) is 14.9 Å². The van der Waals surface area contributed by atoms with Crippen molar-refractivity contribution in [2.45, 2.75) is 6.92 Å². The highest BCUT2D eigenvalue weighted by atomic mass is 16.6. The SMILES string of the molecule is Cc1cccc(C(=O)Nc2ccc(Oc3ccccc3)cc2)c1[N+](=O)[O-]. The summed E-state index contributed by atoms with van der Waals surface area (Å²) in [4.78, 5) is 23.1. The van der Waals surface area contributed by atoms with Crippen LogP contribution in [0.2, 0.25) is 0 Å². The number of ether oxygens (including phenoxy) is 1. The molecule has 0 heterocycles. The largest absolute Gasteiger partial charge is 0.457 e. The van der Waals surface area contributed by atoms with Crippen molar-refractivity contribution in [3.63, 3.8) is 0 Å². The van der Waals surface area contributed by atoms with Crippen molar-refractivity contribution >= 4 is 17.3 Å². The molecule has 0 saturated carbocycles. The van der Waals surface area contributed by atoms with E-state index in [4.69, 9.17) is 4.74 Å². The fourth-order valence-corrected chi connectivity index (χ4v) is 2.51. The highest BCUT2D eigenvalue weighted by Crippen LogP contribution is 2.26. The summed E-state index contributed by atoms with van der Waals surface area (Å²) in [5, 5.41) is 13.9. The van der Waals surface area contributed by atoms with Gasteiger partial charge in [-0.3, -0.25) is 14.9 Å². The van der Waals surface area contributed by atoms with Gasteiger partial charge >= 0.3 is 0 Å². The number of aryl methyl sites for hydroxylation is 1. The number of hydrogen-bond donors (Lipinski definition) is 1. The molecule has 0 aromatic heterocycles. The molecule has 1 amide bonds. The fraction of sp³-hybridized carbons (Fsp3) is 0.0500. The van der Waals surface area contributed by atoms with Gasteiger partial charge in [0.2, 0.25) is 0 Å². The van der Waals surface area contributed by atoms with E-state index in [-0.39, 0.29) is 11.3 Å². The van der Waals surface area contributed by atoms with Crippen LogP contribution in [0.25, 0.3) is 0 Å². The first-order valence-corrected chi connectivity index (χ1v) is 7.93. The van der Waals surface area contributed by atoms with Crippen LogP contribution in [0.4, 0.5) is 11.4 Å². The number of anilines is 1. The van der Waals surface area contributed by atoms with Crippen LogP contribution in [0.5, 0.6) is 11.5 Å². The number of benzene rings is 3. The van der Waals surface area contributed by atoms with E-state index in [0.29, 0.717) is 22.7 Å². The highest BCUT2D eigenvalue weighted by Gasteiger charge is 2.22. The summed E-state index contributed by atoms with van der Waals surface area (Å²) in [5.41, 5.74) is 0.800. The lowest BCUT2D eigenvalue weighted by Crippen LogP contribution is -2.14. The van der Waals surface area contributed by atoms with Crippen LogP contribution in [-0.4, -0.2) is 10.8 Å². The Kier molecular flexibility index (Phi) is 4.94. The van der Waals surface area contributed by atoms with Crippen molar-refractivity contribution < 1.29 is 14.5 Å². The quantitative estimate of drug-likeness (QED) is 0.522. The molecule has 6 heteroatoms. The highest BCUT2D eigenvalue weighted by molar-refractivity contribution is 6.07. The van der Waals surface area contributed by atoms with Gasteiger partial charge in [0.25, 0.3) is 11.6 Å². The van der Waals surface area contributed by atoms with Crippen molar-refractivity contribution in [2.75, 3.05) is 5.32 Å². The Labute approximate surface area is 150 Å². The van der Waals surface area contributed by atoms with Crippen molar-refractivity contribution in [1.29, 1.82) is 0 Å². The number of nitrogens with zero attached hydrogens (tertiary/aromatic N) is 1. The molecular formula is C20H16N2O4. The van der Waals surface area contributed by atoms with Gasteiger partial charge in [-0.1, -0.05) is 30.3 Å². The van der Waals surface area contributed by atoms with E-state index in [2.05, 4.69) is 5.32 Å². The number of nitro benzene ring substituents is 1. The zero-order chi connectivity index (χ0) is 18.5. The normalized spacial score (nSPS) is 10.2. The van der Waals surface area contributed by atoms with Gasteiger partial charge in [-0.25, -0.2) is 0 Å². The minimum absolute atomic E-state index is 0.0274. The molecule has 26 heavy (non-hydrogen) atoms. The van der Waals surface area contributed by atoms with Crippen molar-refractivity contribution in [3.8, 4) is 11.5 Å². The first-order valence-electron chi connectivity index (χ1n) is 7.93. The molecule has 0 aliphatic carbocycles. The lowest BCUT2D eigenvalue weighted by molar-refractivity contribution is -0.385. The van der Waals surface area contributed by atoms with Gasteiger partial charge in [-0.05, 0) is 49.4 Å². The number of amides is 1. The molecule has 0 unspecified atom stereocenters. The fourth-order valence-electron chi connectivity index (χ4n) is 2.51. The van der Waals surface area contributed by atoms with Gasteiger partial charge in [-0.2, -0.15) is 0 Å². The predicted octanol–water partition coefficient (Wildman–Crippen LogP) is 4.95. The third-order valence-corrected chi connectivity index (χ3v) is 3.76. The van der Waals surface area contributed by atoms with Gasteiger partial charge < -0.3 is 10.1 Å². The molecule has 0 spiro atoms. The molecule has 0 aliphatic heterocycles. The maximum atomic E-state index is 12.4. The minimum Gasteiger partial charge on any atom is -0.457 e. The Morgan fingerprint density at radius 1 is 0.923 bits per heavy atom. The summed E-state index contributed by atoms with van der Waals surface area (Å²) in [5.74, 6) is 0.799. The van der Waals surface area contributed by atoms with E-state index < -0.39 is 10.8 Å². The Morgan fingerprint density at radius 2 is 1.58 bits per heavy atom.